The van der Waals surface area contributed by atoms with Crippen LogP contribution in [-0.4, -0.2) is 60.3 Å². The molecule has 4 heteroatoms. The Balaban J connectivity index is 1.61. The second kappa shape index (κ2) is 5.67. The molecule has 0 aliphatic carbocycles. The first-order valence-corrected chi connectivity index (χ1v) is 8.94. The quantitative estimate of drug-likeness (QED) is 0.922. The van der Waals surface area contributed by atoms with Crippen molar-refractivity contribution in [3.63, 3.8) is 0 Å². The molecule has 112 valence electrons. The Hall–Kier alpha value is -0.970. The summed E-state index contributed by atoms with van der Waals surface area (Å²) in [7, 11) is 2.23. The van der Waals surface area contributed by atoms with Gasteiger partial charge in [0.25, 0.3) is 0 Å². The number of aromatic amines is 1. The lowest BCUT2D eigenvalue weighted by atomic mass is 9.94. The van der Waals surface area contributed by atoms with Gasteiger partial charge in [0, 0.05) is 55.3 Å². The highest BCUT2D eigenvalue weighted by Crippen LogP contribution is 2.42. The van der Waals surface area contributed by atoms with Crippen LogP contribution in [0.4, 0.5) is 0 Å². The van der Waals surface area contributed by atoms with Crippen molar-refractivity contribution in [2.24, 2.45) is 0 Å². The number of nitrogens with zero attached hydrogens (tertiary/aromatic N) is 2. The number of hydrogen-bond donors (Lipinski definition) is 1. The van der Waals surface area contributed by atoms with Crippen LogP contribution < -0.4 is 0 Å². The Bertz CT molecular complexity index is 628. The van der Waals surface area contributed by atoms with E-state index >= 15 is 0 Å². The predicted molar refractivity (Wildman–Crippen MR) is 90.3 cm³/mol. The molecule has 1 atom stereocenters. The summed E-state index contributed by atoms with van der Waals surface area (Å²) >= 11 is 2.00. The minimum absolute atomic E-state index is 0.695. The molecular formula is C17H23N3S. The Morgan fingerprint density at radius 2 is 2.00 bits per heavy atom. The molecule has 0 bridgehead atoms. The molecule has 0 saturated carbocycles. The molecule has 2 aliphatic heterocycles. The zero-order chi connectivity index (χ0) is 14.2. The molecule has 4 rings (SSSR count). The lowest BCUT2D eigenvalue weighted by molar-refractivity contribution is 0.146. The number of fused-ring (bicyclic) bond motifs is 3. The van der Waals surface area contributed by atoms with Crippen molar-refractivity contribution in [1.82, 2.24) is 14.8 Å². The van der Waals surface area contributed by atoms with E-state index in [0.717, 1.165) is 0 Å². The van der Waals surface area contributed by atoms with Gasteiger partial charge < -0.3 is 14.8 Å². The van der Waals surface area contributed by atoms with Gasteiger partial charge in [-0.15, -0.1) is 11.8 Å². The van der Waals surface area contributed by atoms with Crippen LogP contribution >= 0.6 is 11.8 Å². The number of para-hydroxylation sites is 1. The second-order valence-corrected chi connectivity index (χ2v) is 7.46. The Labute approximate surface area is 130 Å². The lowest BCUT2D eigenvalue weighted by Gasteiger charge is -2.35. The van der Waals surface area contributed by atoms with Crippen molar-refractivity contribution in [2.45, 2.75) is 17.4 Å². The van der Waals surface area contributed by atoms with Crippen molar-refractivity contribution >= 4 is 22.7 Å². The number of hydrogen-bond acceptors (Lipinski definition) is 3. The molecule has 2 aromatic rings. The number of thioether (sulfide) groups is 1. The molecule has 1 saturated heterocycles. The minimum atomic E-state index is 0.695. The van der Waals surface area contributed by atoms with Crippen LogP contribution in [0.25, 0.3) is 10.9 Å². The van der Waals surface area contributed by atoms with Crippen LogP contribution in [0.5, 0.6) is 0 Å². The molecule has 1 aromatic heterocycles. The number of piperazine rings is 1. The number of H-pyrrole nitrogens is 1. The number of aromatic nitrogens is 1. The van der Waals surface area contributed by atoms with E-state index in [1.54, 1.807) is 5.56 Å². The van der Waals surface area contributed by atoms with Crippen LogP contribution in [0.2, 0.25) is 0 Å². The first-order valence-electron chi connectivity index (χ1n) is 7.95. The fourth-order valence-electron chi connectivity index (χ4n) is 3.63. The van der Waals surface area contributed by atoms with Crippen molar-refractivity contribution in [2.75, 3.05) is 45.5 Å². The van der Waals surface area contributed by atoms with Gasteiger partial charge in [-0.2, -0.15) is 0 Å². The van der Waals surface area contributed by atoms with Gasteiger partial charge >= 0.3 is 0 Å². The number of benzene rings is 1. The van der Waals surface area contributed by atoms with Gasteiger partial charge in [-0.05, 0) is 25.1 Å². The number of likely N-dealkylation sites (N-methyl/N-ethyl adjacent to an activating group) is 1. The minimum Gasteiger partial charge on any atom is -0.349 e. The highest BCUT2D eigenvalue weighted by atomic mass is 32.2. The first kappa shape index (κ1) is 13.7. The maximum atomic E-state index is 3.63. The predicted octanol–water partition coefficient (Wildman–Crippen LogP) is 2.99. The summed E-state index contributed by atoms with van der Waals surface area (Å²) in [4.78, 5) is 8.72. The molecule has 21 heavy (non-hydrogen) atoms. The monoisotopic (exact) mass is 301 g/mol. The van der Waals surface area contributed by atoms with Gasteiger partial charge in [0.05, 0.1) is 5.03 Å². The summed E-state index contributed by atoms with van der Waals surface area (Å²) in [6, 6.07) is 8.79. The molecule has 1 fully saturated rings. The summed E-state index contributed by atoms with van der Waals surface area (Å²) in [6.45, 7) is 6.09. The molecular weight excluding hydrogens is 278 g/mol. The van der Waals surface area contributed by atoms with E-state index in [4.69, 9.17) is 0 Å². The maximum Gasteiger partial charge on any atom is 0.0768 e. The van der Waals surface area contributed by atoms with E-state index in [9.17, 15) is 0 Å². The van der Waals surface area contributed by atoms with E-state index in [0.29, 0.717) is 5.92 Å². The van der Waals surface area contributed by atoms with Gasteiger partial charge in [-0.25, -0.2) is 0 Å². The molecule has 0 spiro atoms. The molecule has 1 aromatic carbocycles. The standard InChI is InChI=1S/C17H23N3S/c1-19-7-9-20(10-8-19)12-13-6-11-21-17-16(13)14-4-2-3-5-15(14)18-17/h2-5,13,18H,6-12H2,1H3. The molecule has 3 heterocycles. The highest BCUT2D eigenvalue weighted by molar-refractivity contribution is 7.99. The fraction of sp³-hybridized carbons (Fsp3) is 0.529. The maximum absolute atomic E-state index is 3.63. The van der Waals surface area contributed by atoms with Gasteiger partial charge in [-0.3, -0.25) is 0 Å². The number of nitrogens with one attached hydrogen (secondary N) is 1. The van der Waals surface area contributed by atoms with Crippen molar-refractivity contribution in [1.29, 1.82) is 0 Å². The second-order valence-electron chi connectivity index (χ2n) is 6.35. The van der Waals surface area contributed by atoms with Gasteiger partial charge in [0.2, 0.25) is 0 Å². The normalized spacial score (nSPS) is 24.3. The summed E-state index contributed by atoms with van der Waals surface area (Å²) in [5.74, 6) is 1.94. The van der Waals surface area contributed by atoms with Crippen LogP contribution in [0.15, 0.2) is 29.3 Å². The Kier molecular flexibility index (Phi) is 3.69. The molecule has 2 aliphatic rings. The van der Waals surface area contributed by atoms with E-state index in [1.807, 2.05) is 11.8 Å². The largest absolute Gasteiger partial charge is 0.349 e. The Morgan fingerprint density at radius 3 is 2.86 bits per heavy atom. The molecule has 1 unspecified atom stereocenters. The molecule has 3 nitrogen and oxygen atoms in total. The SMILES string of the molecule is CN1CCN(CC2CCSc3[nH]c4ccccc4c32)CC1. The smallest absolute Gasteiger partial charge is 0.0768 e. The summed E-state index contributed by atoms with van der Waals surface area (Å²) in [5, 5.41) is 2.86. The van der Waals surface area contributed by atoms with Gasteiger partial charge in [-0.1, -0.05) is 18.2 Å². The first-order chi connectivity index (χ1) is 10.3. The highest BCUT2D eigenvalue weighted by Gasteiger charge is 2.27. The third-order valence-electron chi connectivity index (χ3n) is 4.91. The van der Waals surface area contributed by atoms with E-state index in [-0.39, 0.29) is 0 Å². The third kappa shape index (κ3) is 2.60. The summed E-state index contributed by atoms with van der Waals surface area (Å²) < 4.78 is 0. The van der Waals surface area contributed by atoms with Gasteiger partial charge in [0.1, 0.15) is 0 Å². The van der Waals surface area contributed by atoms with Crippen LogP contribution in [0, 0.1) is 0 Å². The zero-order valence-corrected chi connectivity index (χ0v) is 13.5. The van der Waals surface area contributed by atoms with Crippen LogP contribution in [0.3, 0.4) is 0 Å². The van der Waals surface area contributed by atoms with Crippen molar-refractivity contribution in [3.8, 4) is 0 Å². The zero-order valence-electron chi connectivity index (χ0n) is 12.6. The van der Waals surface area contributed by atoms with E-state index < -0.39 is 0 Å². The molecule has 0 amide bonds. The molecule has 1 N–H and O–H groups in total. The van der Waals surface area contributed by atoms with Crippen molar-refractivity contribution < 1.29 is 0 Å². The van der Waals surface area contributed by atoms with E-state index in [2.05, 4.69) is 46.1 Å². The third-order valence-corrected chi connectivity index (χ3v) is 5.96. The van der Waals surface area contributed by atoms with Crippen LogP contribution in [-0.2, 0) is 0 Å². The van der Waals surface area contributed by atoms with Gasteiger partial charge in [0.15, 0.2) is 0 Å². The average Bonchev–Trinajstić information content (AvgIpc) is 2.89. The number of rotatable bonds is 2. The van der Waals surface area contributed by atoms with Crippen molar-refractivity contribution in [3.05, 3.63) is 29.8 Å². The molecule has 0 radical (unpaired) electrons. The Morgan fingerprint density at radius 1 is 1.19 bits per heavy atom. The fourth-order valence-corrected chi connectivity index (χ4v) is 4.85. The van der Waals surface area contributed by atoms with Crippen LogP contribution in [0.1, 0.15) is 17.9 Å². The summed E-state index contributed by atoms with van der Waals surface area (Å²) in [6.07, 6.45) is 1.31. The average molecular weight is 301 g/mol. The lowest BCUT2D eigenvalue weighted by Crippen LogP contribution is -2.45. The topological polar surface area (TPSA) is 22.3 Å². The summed E-state index contributed by atoms with van der Waals surface area (Å²) in [5.41, 5.74) is 2.89. The van der Waals surface area contributed by atoms with E-state index in [1.165, 1.54) is 60.8 Å².